The quantitative estimate of drug-likeness (QED) is 0.715. The van der Waals surface area contributed by atoms with Gasteiger partial charge in [-0.2, -0.15) is 0 Å². The molecule has 1 nitrogen and oxygen atoms in total. The molecule has 0 heterocycles. The standard InChI is InChI=1S/C15H22O/c1-3-5-6-10-13-15(16,4-2)14-11-8-7-9-12-14/h5-9,11-12,16H,3-4,10,13H2,1-2H3/b6-5+. The van der Waals surface area contributed by atoms with Crippen LogP contribution in [0.3, 0.4) is 0 Å². The van der Waals surface area contributed by atoms with Crippen molar-refractivity contribution in [3.63, 3.8) is 0 Å². The van der Waals surface area contributed by atoms with Gasteiger partial charge in [-0.15, -0.1) is 0 Å². The number of allylic oxidation sites excluding steroid dienone is 2. The molecule has 88 valence electrons. The van der Waals surface area contributed by atoms with Crippen LogP contribution in [-0.2, 0) is 5.60 Å². The van der Waals surface area contributed by atoms with Crippen molar-refractivity contribution in [1.29, 1.82) is 0 Å². The lowest BCUT2D eigenvalue weighted by molar-refractivity contribution is 0.0243. The largest absolute Gasteiger partial charge is 0.385 e. The van der Waals surface area contributed by atoms with Crippen molar-refractivity contribution in [3.05, 3.63) is 48.0 Å². The van der Waals surface area contributed by atoms with Crippen molar-refractivity contribution in [2.24, 2.45) is 0 Å². The van der Waals surface area contributed by atoms with Crippen LogP contribution in [0.2, 0.25) is 0 Å². The number of aliphatic hydroxyl groups is 1. The van der Waals surface area contributed by atoms with Crippen molar-refractivity contribution in [1.82, 2.24) is 0 Å². The summed E-state index contributed by atoms with van der Waals surface area (Å²) in [5, 5.41) is 10.6. The fourth-order valence-corrected chi connectivity index (χ4v) is 1.88. The maximum Gasteiger partial charge on any atom is 0.0896 e. The van der Waals surface area contributed by atoms with Crippen molar-refractivity contribution in [2.75, 3.05) is 0 Å². The predicted octanol–water partition coefficient (Wildman–Crippen LogP) is 4.03. The van der Waals surface area contributed by atoms with Crippen LogP contribution in [0.5, 0.6) is 0 Å². The van der Waals surface area contributed by atoms with Gasteiger partial charge in [-0.05, 0) is 31.2 Å². The second-order valence-corrected chi connectivity index (χ2v) is 4.17. The van der Waals surface area contributed by atoms with Crippen LogP contribution in [0.4, 0.5) is 0 Å². The third-order valence-electron chi connectivity index (χ3n) is 3.02. The first-order valence-electron chi connectivity index (χ1n) is 6.16. The molecular weight excluding hydrogens is 196 g/mol. The maximum atomic E-state index is 10.6. The highest BCUT2D eigenvalue weighted by molar-refractivity contribution is 5.22. The van der Waals surface area contributed by atoms with E-state index in [0.717, 1.165) is 31.2 Å². The van der Waals surface area contributed by atoms with Crippen molar-refractivity contribution >= 4 is 0 Å². The average molecular weight is 218 g/mol. The highest BCUT2D eigenvalue weighted by Gasteiger charge is 2.25. The fourth-order valence-electron chi connectivity index (χ4n) is 1.88. The minimum absolute atomic E-state index is 0.667. The van der Waals surface area contributed by atoms with Gasteiger partial charge in [-0.1, -0.05) is 56.3 Å². The molecule has 1 rings (SSSR count). The van der Waals surface area contributed by atoms with Gasteiger partial charge in [0.25, 0.3) is 0 Å². The summed E-state index contributed by atoms with van der Waals surface area (Å²) in [5.74, 6) is 0. The molecule has 0 aromatic heterocycles. The molecule has 0 amide bonds. The molecule has 0 saturated heterocycles. The number of hydrogen-bond donors (Lipinski definition) is 1. The normalized spacial score (nSPS) is 15.2. The van der Waals surface area contributed by atoms with E-state index in [4.69, 9.17) is 0 Å². The Hall–Kier alpha value is -1.08. The molecule has 1 heteroatoms. The fraction of sp³-hybridized carbons (Fsp3) is 0.467. The second kappa shape index (κ2) is 6.49. The lowest BCUT2D eigenvalue weighted by atomic mass is 9.87. The van der Waals surface area contributed by atoms with Crippen molar-refractivity contribution in [3.8, 4) is 0 Å². The van der Waals surface area contributed by atoms with Gasteiger partial charge in [0.05, 0.1) is 5.60 Å². The van der Waals surface area contributed by atoms with E-state index in [1.54, 1.807) is 0 Å². The zero-order valence-electron chi connectivity index (χ0n) is 10.3. The van der Waals surface area contributed by atoms with Crippen LogP contribution in [-0.4, -0.2) is 5.11 Å². The van der Waals surface area contributed by atoms with Gasteiger partial charge in [0.1, 0.15) is 0 Å². The summed E-state index contributed by atoms with van der Waals surface area (Å²) < 4.78 is 0. The number of hydrogen-bond acceptors (Lipinski definition) is 1. The SMILES string of the molecule is CC/C=C/CCC(O)(CC)c1ccccc1. The summed E-state index contributed by atoms with van der Waals surface area (Å²) in [6.07, 6.45) is 7.87. The molecule has 16 heavy (non-hydrogen) atoms. The van der Waals surface area contributed by atoms with Crippen molar-refractivity contribution < 1.29 is 5.11 Å². The van der Waals surface area contributed by atoms with E-state index in [0.29, 0.717) is 0 Å². The van der Waals surface area contributed by atoms with E-state index in [9.17, 15) is 5.11 Å². The summed E-state index contributed by atoms with van der Waals surface area (Å²) in [4.78, 5) is 0. The predicted molar refractivity (Wildman–Crippen MR) is 69.3 cm³/mol. The summed E-state index contributed by atoms with van der Waals surface area (Å²) in [6, 6.07) is 9.96. The molecule has 0 bridgehead atoms. The monoisotopic (exact) mass is 218 g/mol. The van der Waals surface area contributed by atoms with E-state index in [1.165, 1.54) is 0 Å². The zero-order valence-corrected chi connectivity index (χ0v) is 10.3. The minimum Gasteiger partial charge on any atom is -0.385 e. The molecule has 1 atom stereocenters. The molecule has 0 aliphatic rings. The third kappa shape index (κ3) is 3.49. The minimum atomic E-state index is -0.667. The molecule has 0 aliphatic heterocycles. The van der Waals surface area contributed by atoms with Gasteiger partial charge in [0.15, 0.2) is 0 Å². The topological polar surface area (TPSA) is 20.2 Å². The molecule has 0 fully saturated rings. The first-order chi connectivity index (χ1) is 7.73. The van der Waals surface area contributed by atoms with Gasteiger partial charge in [0.2, 0.25) is 0 Å². The number of rotatable bonds is 6. The number of benzene rings is 1. The summed E-state index contributed by atoms with van der Waals surface area (Å²) in [7, 11) is 0. The van der Waals surface area contributed by atoms with Crippen LogP contribution >= 0.6 is 0 Å². The molecular formula is C15H22O. The van der Waals surface area contributed by atoms with Gasteiger partial charge >= 0.3 is 0 Å². The first-order valence-corrected chi connectivity index (χ1v) is 6.16. The summed E-state index contributed by atoms with van der Waals surface area (Å²) >= 11 is 0. The van der Waals surface area contributed by atoms with Gasteiger partial charge < -0.3 is 5.11 Å². The third-order valence-corrected chi connectivity index (χ3v) is 3.02. The smallest absolute Gasteiger partial charge is 0.0896 e. The van der Waals surface area contributed by atoms with Crippen LogP contribution in [0, 0.1) is 0 Å². The van der Waals surface area contributed by atoms with Crippen LogP contribution in [0.15, 0.2) is 42.5 Å². The molecule has 1 unspecified atom stereocenters. The van der Waals surface area contributed by atoms with E-state index < -0.39 is 5.60 Å². The maximum absolute atomic E-state index is 10.6. The Labute approximate surface area is 98.8 Å². The first kappa shape index (κ1) is 13.0. The highest BCUT2D eigenvalue weighted by atomic mass is 16.3. The Balaban J connectivity index is 2.67. The van der Waals surface area contributed by atoms with E-state index in [1.807, 2.05) is 37.3 Å². The summed E-state index contributed by atoms with van der Waals surface area (Å²) in [6.45, 7) is 4.16. The Morgan fingerprint density at radius 1 is 1.12 bits per heavy atom. The highest BCUT2D eigenvalue weighted by Crippen LogP contribution is 2.29. The van der Waals surface area contributed by atoms with Crippen LogP contribution in [0.25, 0.3) is 0 Å². The molecule has 1 N–H and O–H groups in total. The molecule has 0 aliphatic carbocycles. The lowest BCUT2D eigenvalue weighted by Gasteiger charge is -2.26. The van der Waals surface area contributed by atoms with E-state index >= 15 is 0 Å². The van der Waals surface area contributed by atoms with Crippen LogP contribution in [0.1, 0.15) is 45.1 Å². The Kier molecular flexibility index (Phi) is 5.27. The molecule has 0 saturated carbocycles. The van der Waals surface area contributed by atoms with Gasteiger partial charge in [0, 0.05) is 0 Å². The van der Waals surface area contributed by atoms with Gasteiger partial charge in [-0.25, -0.2) is 0 Å². The second-order valence-electron chi connectivity index (χ2n) is 4.17. The van der Waals surface area contributed by atoms with Gasteiger partial charge in [-0.3, -0.25) is 0 Å². The average Bonchev–Trinajstić information content (AvgIpc) is 2.35. The van der Waals surface area contributed by atoms with Crippen molar-refractivity contribution in [2.45, 2.75) is 45.1 Å². The molecule has 1 aromatic carbocycles. The summed E-state index contributed by atoms with van der Waals surface area (Å²) in [5.41, 5.74) is 0.363. The molecule has 0 radical (unpaired) electrons. The Morgan fingerprint density at radius 3 is 2.38 bits per heavy atom. The van der Waals surface area contributed by atoms with Crippen LogP contribution < -0.4 is 0 Å². The Bertz CT molecular complexity index is 315. The Morgan fingerprint density at radius 2 is 1.81 bits per heavy atom. The molecule has 0 spiro atoms. The van der Waals surface area contributed by atoms with E-state index in [-0.39, 0.29) is 0 Å². The van der Waals surface area contributed by atoms with E-state index in [2.05, 4.69) is 19.1 Å². The zero-order chi connectivity index (χ0) is 11.9. The lowest BCUT2D eigenvalue weighted by Crippen LogP contribution is -2.24. The molecule has 1 aromatic rings.